The molecule has 1 fully saturated rings. The first-order valence-electron chi connectivity index (χ1n) is 14.9. The first-order valence-corrected chi connectivity index (χ1v) is 16.3. The number of methoxy groups -OCH3 is 2. The van der Waals surface area contributed by atoms with Crippen molar-refractivity contribution >= 4 is 33.6 Å². The number of aliphatic carboxylic acids is 1. The van der Waals surface area contributed by atoms with Crippen LogP contribution in [0.25, 0.3) is 0 Å². The number of anilines is 1. The summed E-state index contributed by atoms with van der Waals surface area (Å²) in [4.78, 5) is 36.8. The number of nitrogens with one attached hydrogen (secondary N) is 1. The highest BCUT2D eigenvalue weighted by molar-refractivity contribution is 7.89. The first-order chi connectivity index (χ1) is 22.1. The zero-order valence-corrected chi connectivity index (χ0v) is 26.4. The summed E-state index contributed by atoms with van der Waals surface area (Å²) in [6.07, 6.45) is 1.58. The van der Waals surface area contributed by atoms with Crippen molar-refractivity contribution in [2.45, 2.75) is 55.6 Å². The van der Waals surface area contributed by atoms with Crippen LogP contribution >= 0.6 is 0 Å². The van der Waals surface area contributed by atoms with Crippen molar-refractivity contribution in [1.82, 2.24) is 4.31 Å². The number of hydrogen-bond acceptors (Lipinski definition) is 9. The average Bonchev–Trinajstić information content (AvgIpc) is 3.44. The van der Waals surface area contributed by atoms with E-state index in [2.05, 4.69) is 5.32 Å². The van der Waals surface area contributed by atoms with E-state index >= 15 is 0 Å². The van der Waals surface area contributed by atoms with E-state index in [0.29, 0.717) is 59.7 Å². The van der Waals surface area contributed by atoms with E-state index in [-0.39, 0.29) is 30.2 Å². The third-order valence-corrected chi connectivity index (χ3v) is 9.93. The molecule has 1 unspecified atom stereocenters. The van der Waals surface area contributed by atoms with Gasteiger partial charge < -0.3 is 29.4 Å². The normalized spacial score (nSPS) is 17.0. The van der Waals surface area contributed by atoms with Crippen LogP contribution in [-0.2, 0) is 42.0 Å². The number of esters is 1. The van der Waals surface area contributed by atoms with Gasteiger partial charge in [0.25, 0.3) is 0 Å². The van der Waals surface area contributed by atoms with Gasteiger partial charge in [0.1, 0.15) is 17.9 Å². The number of sulfonamides is 1. The number of nitrogens with zero attached hydrogens (tertiary/aromatic N) is 1. The summed E-state index contributed by atoms with van der Waals surface area (Å²) < 4.78 is 51.1. The van der Waals surface area contributed by atoms with Crippen LogP contribution in [0.2, 0.25) is 0 Å². The maximum Gasteiger partial charge on any atom is 0.341 e. The number of hydrogen-bond donors (Lipinski definition) is 2. The highest BCUT2D eigenvalue weighted by Crippen LogP contribution is 2.34. The number of carboxylic acid groups (broad SMARTS) is 1. The highest BCUT2D eigenvalue weighted by Gasteiger charge is 2.40. The Morgan fingerprint density at radius 3 is 2.59 bits per heavy atom. The lowest BCUT2D eigenvalue weighted by Crippen LogP contribution is -2.48. The lowest BCUT2D eigenvalue weighted by Gasteiger charge is -2.34. The number of amides is 1. The van der Waals surface area contributed by atoms with Gasteiger partial charge in [0.05, 0.1) is 25.5 Å². The van der Waals surface area contributed by atoms with Crippen LogP contribution in [0.5, 0.6) is 17.2 Å². The maximum absolute atomic E-state index is 13.9. The molecule has 2 heterocycles. The zero-order chi connectivity index (χ0) is 32.8. The summed E-state index contributed by atoms with van der Waals surface area (Å²) in [6.45, 7) is -0.396. The molecule has 3 aromatic carbocycles. The van der Waals surface area contributed by atoms with Gasteiger partial charge in [0, 0.05) is 12.2 Å². The number of benzene rings is 3. The van der Waals surface area contributed by atoms with Gasteiger partial charge in [-0.2, -0.15) is 4.31 Å². The Labute approximate surface area is 267 Å². The van der Waals surface area contributed by atoms with Crippen molar-refractivity contribution in [1.29, 1.82) is 0 Å². The molecule has 0 aromatic heterocycles. The van der Waals surface area contributed by atoms with Crippen LogP contribution in [0.1, 0.15) is 48.5 Å². The lowest BCUT2D eigenvalue weighted by molar-refractivity contribution is -0.155. The largest absolute Gasteiger partial charge is 0.493 e. The Balaban J connectivity index is 1.40. The summed E-state index contributed by atoms with van der Waals surface area (Å²) in [7, 11) is -1.01. The SMILES string of the molecule is COc1ccc(CC[C@@H](OC(=O)C2CCCCN2S(=O)(=O)c2ccc3c(c2)CC(=O)N3)c2cccc(OCC(=O)O)c2)cc1OC. The summed E-state index contributed by atoms with van der Waals surface area (Å²) in [6, 6.07) is 15.6. The van der Waals surface area contributed by atoms with Gasteiger partial charge in [-0.05, 0) is 91.3 Å². The average molecular weight is 653 g/mol. The number of rotatable bonds is 13. The van der Waals surface area contributed by atoms with Crippen LogP contribution in [0.15, 0.2) is 65.6 Å². The molecule has 0 aliphatic carbocycles. The van der Waals surface area contributed by atoms with Crippen LogP contribution in [0.3, 0.4) is 0 Å². The molecule has 12 nitrogen and oxygen atoms in total. The predicted molar refractivity (Wildman–Crippen MR) is 167 cm³/mol. The van der Waals surface area contributed by atoms with Crippen molar-refractivity contribution in [2.75, 3.05) is 32.7 Å². The molecule has 1 amide bonds. The molecule has 5 rings (SSSR count). The number of aryl methyl sites for hydroxylation is 1. The maximum atomic E-state index is 13.9. The van der Waals surface area contributed by atoms with Crippen molar-refractivity contribution in [2.24, 2.45) is 0 Å². The number of carbonyl (C=O) groups excluding carboxylic acids is 2. The number of carboxylic acids is 1. The van der Waals surface area contributed by atoms with Crippen molar-refractivity contribution < 1.29 is 46.9 Å². The lowest BCUT2D eigenvalue weighted by atomic mass is 10.00. The zero-order valence-electron chi connectivity index (χ0n) is 25.6. The molecule has 1 saturated heterocycles. The van der Waals surface area contributed by atoms with E-state index in [9.17, 15) is 22.8 Å². The molecule has 3 aromatic rings. The third kappa shape index (κ3) is 7.43. The molecule has 0 spiro atoms. The topological polar surface area (TPSA) is 158 Å². The van der Waals surface area contributed by atoms with Crippen LogP contribution < -0.4 is 19.5 Å². The molecule has 0 bridgehead atoms. The molecule has 2 atom stereocenters. The number of piperidine rings is 1. The van der Waals surface area contributed by atoms with Crippen molar-refractivity contribution in [3.05, 3.63) is 77.4 Å². The second-order valence-corrected chi connectivity index (χ2v) is 13.0. The quantitative estimate of drug-likeness (QED) is 0.257. The molecular formula is C33H36N2O10S. The standard InChI is InChI=1S/C33H36N2O10S/c1-42-29-14-10-21(16-30(29)43-2)9-13-28(22-6-5-7-24(17-22)44-20-32(37)38)45-33(39)27-8-3-4-15-35(27)46(40,41)25-11-12-26-23(18-25)19-31(36)34-26/h5-7,10-12,14,16-18,27-28H,3-4,8-9,13,15,19-20H2,1-2H3,(H,34,36)(H,37,38)/t27?,28-/m1/s1. The highest BCUT2D eigenvalue weighted by atomic mass is 32.2. The first kappa shape index (κ1) is 32.8. The summed E-state index contributed by atoms with van der Waals surface area (Å²) in [5.74, 6) is -0.615. The third-order valence-electron chi connectivity index (χ3n) is 8.03. The van der Waals surface area contributed by atoms with Crippen LogP contribution in [0, 0.1) is 0 Å². The monoisotopic (exact) mass is 652 g/mol. The molecule has 0 radical (unpaired) electrons. The minimum Gasteiger partial charge on any atom is -0.493 e. The van der Waals surface area contributed by atoms with Crippen molar-refractivity contribution in [3.63, 3.8) is 0 Å². The van der Waals surface area contributed by atoms with Crippen molar-refractivity contribution in [3.8, 4) is 17.2 Å². The summed E-state index contributed by atoms with van der Waals surface area (Å²) in [5, 5.41) is 11.8. The molecule has 2 aliphatic rings. The number of ether oxygens (including phenoxy) is 4. The Morgan fingerprint density at radius 2 is 1.83 bits per heavy atom. The summed E-state index contributed by atoms with van der Waals surface area (Å²) in [5.41, 5.74) is 2.62. The molecule has 244 valence electrons. The molecule has 2 N–H and O–H groups in total. The summed E-state index contributed by atoms with van der Waals surface area (Å²) >= 11 is 0. The fourth-order valence-electron chi connectivity index (χ4n) is 5.73. The molecule has 46 heavy (non-hydrogen) atoms. The van der Waals surface area contributed by atoms with Gasteiger partial charge in [-0.3, -0.25) is 9.59 Å². The van der Waals surface area contributed by atoms with Gasteiger partial charge >= 0.3 is 11.9 Å². The number of carbonyl (C=O) groups is 3. The minimum absolute atomic E-state index is 0.00994. The van der Waals surface area contributed by atoms with Gasteiger partial charge in [-0.25, -0.2) is 13.2 Å². The van der Waals surface area contributed by atoms with E-state index in [1.165, 1.54) is 23.5 Å². The van der Waals surface area contributed by atoms with Gasteiger partial charge in [0.2, 0.25) is 15.9 Å². The fourth-order valence-corrected chi connectivity index (χ4v) is 7.42. The Bertz CT molecular complexity index is 1730. The minimum atomic E-state index is -4.10. The van der Waals surface area contributed by atoms with Crippen LogP contribution in [0.4, 0.5) is 5.69 Å². The van der Waals surface area contributed by atoms with E-state index in [1.54, 1.807) is 43.5 Å². The predicted octanol–water partition coefficient (Wildman–Crippen LogP) is 4.12. The van der Waals surface area contributed by atoms with E-state index in [0.717, 1.165) is 5.56 Å². The molecule has 0 saturated carbocycles. The van der Waals surface area contributed by atoms with Gasteiger partial charge in [0.15, 0.2) is 18.1 Å². The van der Waals surface area contributed by atoms with Crippen LogP contribution in [-0.4, -0.2) is 69.1 Å². The van der Waals surface area contributed by atoms with E-state index in [4.69, 9.17) is 24.1 Å². The Morgan fingerprint density at radius 1 is 1.02 bits per heavy atom. The molecule has 13 heteroatoms. The Hall–Kier alpha value is -4.62. The van der Waals surface area contributed by atoms with E-state index in [1.807, 2.05) is 12.1 Å². The van der Waals surface area contributed by atoms with Gasteiger partial charge in [-0.1, -0.05) is 18.2 Å². The molecule has 2 aliphatic heterocycles. The second kappa shape index (κ2) is 14.2. The fraction of sp³-hybridized carbons (Fsp3) is 0.364. The number of fused-ring (bicyclic) bond motifs is 1. The van der Waals surface area contributed by atoms with Gasteiger partial charge in [-0.15, -0.1) is 0 Å². The Kier molecular flexibility index (Phi) is 10.1. The van der Waals surface area contributed by atoms with E-state index < -0.39 is 40.7 Å². The smallest absolute Gasteiger partial charge is 0.341 e. The molecular weight excluding hydrogens is 616 g/mol. The second-order valence-electron chi connectivity index (χ2n) is 11.1.